The Hall–Kier alpha value is 0.310. The lowest BCUT2D eigenvalue weighted by Gasteiger charge is -2.41. The van der Waals surface area contributed by atoms with Gasteiger partial charge in [0, 0.05) is 19.1 Å². The van der Waals surface area contributed by atoms with Gasteiger partial charge < -0.3 is 4.90 Å². The van der Waals surface area contributed by atoms with E-state index < -0.39 is 0 Å². The minimum Gasteiger partial charge on any atom is -0.300 e. The molecule has 0 bridgehead atoms. The summed E-state index contributed by atoms with van der Waals surface area (Å²) in [7, 11) is 0. The Morgan fingerprint density at radius 2 is 2.10 bits per heavy atom. The molecule has 0 aromatic rings. The third-order valence-corrected chi connectivity index (χ3v) is 2.92. The fourth-order valence-corrected chi connectivity index (χ4v) is 2.05. The first-order chi connectivity index (χ1) is 4.74. The third kappa shape index (κ3) is 1.89. The maximum absolute atomic E-state index is 2.53. The molecule has 1 nitrogen and oxygen atoms in total. The van der Waals surface area contributed by atoms with E-state index >= 15 is 0 Å². The highest BCUT2D eigenvalue weighted by molar-refractivity contribution is 7.98. The maximum atomic E-state index is 2.53. The van der Waals surface area contributed by atoms with Gasteiger partial charge in [-0.25, -0.2) is 0 Å². The fourth-order valence-electron chi connectivity index (χ4n) is 1.37. The van der Waals surface area contributed by atoms with Gasteiger partial charge in [-0.3, -0.25) is 0 Å². The number of rotatable bonds is 3. The Morgan fingerprint density at radius 1 is 1.50 bits per heavy atom. The lowest BCUT2D eigenvalue weighted by Crippen LogP contribution is -2.51. The van der Waals surface area contributed by atoms with Crippen LogP contribution in [0.2, 0.25) is 0 Å². The van der Waals surface area contributed by atoms with Crippen molar-refractivity contribution in [2.75, 3.05) is 25.1 Å². The van der Waals surface area contributed by atoms with E-state index in [9.17, 15) is 0 Å². The first-order valence-electron chi connectivity index (χ1n) is 3.97. The summed E-state index contributed by atoms with van der Waals surface area (Å²) in [6.45, 7) is 7.21. The molecule has 10 heavy (non-hydrogen) atoms. The van der Waals surface area contributed by atoms with E-state index in [2.05, 4.69) is 25.0 Å². The molecule has 0 aromatic carbocycles. The average Bonchev–Trinajstić information content (AvgIpc) is 1.76. The van der Waals surface area contributed by atoms with E-state index in [4.69, 9.17) is 0 Å². The molecule has 0 unspecified atom stereocenters. The summed E-state index contributed by atoms with van der Waals surface area (Å²) in [5, 5.41) is 0. The molecule has 0 saturated carbocycles. The maximum Gasteiger partial charge on any atom is 0.00388 e. The molecule has 1 aliphatic heterocycles. The second-order valence-electron chi connectivity index (χ2n) is 3.37. The molecule has 0 radical (unpaired) electrons. The molecule has 1 heterocycles. The van der Waals surface area contributed by atoms with Gasteiger partial charge in [-0.15, -0.1) is 0 Å². The summed E-state index contributed by atoms with van der Waals surface area (Å²) >= 11 is 1.97. The first-order valence-corrected chi connectivity index (χ1v) is 5.36. The van der Waals surface area contributed by atoms with Crippen molar-refractivity contribution in [1.82, 2.24) is 4.90 Å². The van der Waals surface area contributed by atoms with Crippen LogP contribution in [-0.2, 0) is 0 Å². The molecule has 0 spiro atoms. The Kier molecular flexibility index (Phi) is 3.05. The predicted molar refractivity (Wildman–Crippen MR) is 48.6 cm³/mol. The van der Waals surface area contributed by atoms with Gasteiger partial charge in [0.05, 0.1) is 0 Å². The fraction of sp³-hybridized carbons (Fsp3) is 1.00. The molecule has 0 aliphatic carbocycles. The topological polar surface area (TPSA) is 3.24 Å². The number of likely N-dealkylation sites (tertiary alicyclic amines) is 1. The molecule has 1 aliphatic rings. The van der Waals surface area contributed by atoms with Crippen molar-refractivity contribution in [3.8, 4) is 0 Å². The van der Waals surface area contributed by atoms with Gasteiger partial charge >= 0.3 is 0 Å². The van der Waals surface area contributed by atoms with Gasteiger partial charge in [-0.2, -0.15) is 11.8 Å². The molecule has 0 amide bonds. The minimum absolute atomic E-state index is 0.762. The highest BCUT2D eigenvalue weighted by atomic mass is 32.2. The van der Waals surface area contributed by atoms with Gasteiger partial charge in [0.15, 0.2) is 0 Å². The van der Waals surface area contributed by atoms with Crippen LogP contribution in [0.3, 0.4) is 0 Å². The average molecular weight is 159 g/mol. The van der Waals surface area contributed by atoms with Crippen LogP contribution < -0.4 is 0 Å². The number of thioether (sulfide) groups is 1. The second kappa shape index (κ2) is 3.63. The summed E-state index contributed by atoms with van der Waals surface area (Å²) in [5.74, 6) is 2.33. The monoisotopic (exact) mass is 159 g/mol. The molecule has 1 fully saturated rings. The smallest absolute Gasteiger partial charge is 0.00388 e. The van der Waals surface area contributed by atoms with Crippen LogP contribution in [-0.4, -0.2) is 36.0 Å². The molecule has 0 atom stereocenters. The van der Waals surface area contributed by atoms with Crippen LogP contribution in [0.25, 0.3) is 0 Å². The zero-order valence-electron chi connectivity index (χ0n) is 7.13. The van der Waals surface area contributed by atoms with Gasteiger partial charge in [0.2, 0.25) is 0 Å². The summed E-state index contributed by atoms with van der Waals surface area (Å²) in [4.78, 5) is 2.53. The summed E-state index contributed by atoms with van der Waals surface area (Å²) in [5.41, 5.74) is 0. The van der Waals surface area contributed by atoms with Gasteiger partial charge in [-0.1, -0.05) is 0 Å². The van der Waals surface area contributed by atoms with Crippen molar-refractivity contribution in [2.24, 2.45) is 5.92 Å². The number of hydrogen-bond acceptors (Lipinski definition) is 2. The van der Waals surface area contributed by atoms with Gasteiger partial charge in [-0.05, 0) is 31.8 Å². The quantitative estimate of drug-likeness (QED) is 0.616. The molecular formula is C8H17NS. The van der Waals surface area contributed by atoms with E-state index in [1.807, 2.05) is 11.8 Å². The lowest BCUT2D eigenvalue weighted by atomic mass is 10.0. The molecule has 2 heteroatoms. The van der Waals surface area contributed by atoms with E-state index in [1.54, 1.807) is 0 Å². The molecule has 0 N–H and O–H groups in total. The molecular weight excluding hydrogens is 142 g/mol. The van der Waals surface area contributed by atoms with E-state index in [1.165, 1.54) is 18.8 Å². The first kappa shape index (κ1) is 8.41. The Balaban J connectivity index is 2.06. The predicted octanol–water partition coefficient (Wildman–Crippen LogP) is 1.69. The summed E-state index contributed by atoms with van der Waals surface area (Å²) in [6, 6.07) is 0.762. The molecule has 1 rings (SSSR count). The summed E-state index contributed by atoms with van der Waals surface area (Å²) in [6.07, 6.45) is 2.19. The van der Waals surface area contributed by atoms with E-state index in [0.29, 0.717) is 0 Å². The van der Waals surface area contributed by atoms with Crippen LogP contribution in [0.5, 0.6) is 0 Å². The zero-order valence-corrected chi connectivity index (χ0v) is 7.95. The van der Waals surface area contributed by atoms with E-state index in [-0.39, 0.29) is 0 Å². The standard InChI is InChI=1S/C8H17NS/c1-7(2)9-4-8(5-9)6-10-3/h7-8H,4-6H2,1-3H3. The van der Waals surface area contributed by atoms with Crippen molar-refractivity contribution in [2.45, 2.75) is 19.9 Å². The zero-order chi connectivity index (χ0) is 7.56. The van der Waals surface area contributed by atoms with Crippen molar-refractivity contribution >= 4 is 11.8 Å². The van der Waals surface area contributed by atoms with Crippen LogP contribution >= 0.6 is 11.8 Å². The van der Waals surface area contributed by atoms with Crippen molar-refractivity contribution < 1.29 is 0 Å². The Labute approximate surface area is 68.2 Å². The summed E-state index contributed by atoms with van der Waals surface area (Å²) < 4.78 is 0. The molecule has 0 aromatic heterocycles. The third-order valence-electron chi connectivity index (χ3n) is 2.12. The van der Waals surface area contributed by atoms with Crippen LogP contribution in [0.1, 0.15) is 13.8 Å². The molecule has 60 valence electrons. The normalized spacial score (nSPS) is 21.6. The van der Waals surface area contributed by atoms with Gasteiger partial charge in [0.1, 0.15) is 0 Å². The van der Waals surface area contributed by atoms with Gasteiger partial charge in [0.25, 0.3) is 0 Å². The van der Waals surface area contributed by atoms with Crippen molar-refractivity contribution in [1.29, 1.82) is 0 Å². The lowest BCUT2D eigenvalue weighted by molar-refractivity contribution is 0.0814. The number of nitrogens with zero attached hydrogens (tertiary/aromatic N) is 1. The van der Waals surface area contributed by atoms with Crippen molar-refractivity contribution in [3.63, 3.8) is 0 Å². The van der Waals surface area contributed by atoms with Crippen LogP contribution in [0.4, 0.5) is 0 Å². The largest absolute Gasteiger partial charge is 0.300 e. The second-order valence-corrected chi connectivity index (χ2v) is 4.28. The highest BCUT2D eigenvalue weighted by Crippen LogP contribution is 2.20. The minimum atomic E-state index is 0.762. The Morgan fingerprint density at radius 3 is 2.50 bits per heavy atom. The SMILES string of the molecule is CSCC1CN(C(C)C)C1. The van der Waals surface area contributed by atoms with Crippen molar-refractivity contribution in [3.05, 3.63) is 0 Å². The highest BCUT2D eigenvalue weighted by Gasteiger charge is 2.27. The molecule has 1 saturated heterocycles. The Bertz CT molecular complexity index is 97.4. The number of hydrogen-bond donors (Lipinski definition) is 0. The van der Waals surface area contributed by atoms with Crippen LogP contribution in [0.15, 0.2) is 0 Å². The van der Waals surface area contributed by atoms with E-state index in [0.717, 1.165) is 12.0 Å². The van der Waals surface area contributed by atoms with Crippen LogP contribution in [0, 0.1) is 5.92 Å².